The molecule has 1 aromatic carbocycles. The fourth-order valence-corrected chi connectivity index (χ4v) is 1.71. The van der Waals surface area contributed by atoms with Gasteiger partial charge in [0.15, 0.2) is 0 Å². The topological polar surface area (TPSA) is 12.0 Å². The molecule has 0 aromatic heterocycles. The second-order valence-corrected chi connectivity index (χ2v) is 3.83. The third-order valence-electron chi connectivity index (χ3n) is 2.64. The predicted molar refractivity (Wildman–Crippen MR) is 65.8 cm³/mol. The van der Waals surface area contributed by atoms with Gasteiger partial charge in [-0.25, -0.2) is 0 Å². The predicted octanol–water partition coefficient (Wildman–Crippen LogP) is 2.98. The van der Waals surface area contributed by atoms with E-state index in [0.29, 0.717) is 6.04 Å². The van der Waals surface area contributed by atoms with E-state index < -0.39 is 0 Å². The van der Waals surface area contributed by atoms with Gasteiger partial charge < -0.3 is 5.32 Å². The van der Waals surface area contributed by atoms with E-state index in [-0.39, 0.29) is 0 Å². The van der Waals surface area contributed by atoms with Crippen LogP contribution in [0, 0.1) is 25.7 Å². The Morgan fingerprint density at radius 2 is 2.07 bits per heavy atom. The summed E-state index contributed by atoms with van der Waals surface area (Å²) < 4.78 is 0. The summed E-state index contributed by atoms with van der Waals surface area (Å²) in [4.78, 5) is 0. The summed E-state index contributed by atoms with van der Waals surface area (Å²) in [6.07, 6.45) is 0.872. The highest BCUT2D eigenvalue weighted by Crippen LogP contribution is 2.21. The monoisotopic (exact) mass is 201 g/mol. The van der Waals surface area contributed by atoms with E-state index in [1.807, 2.05) is 14.0 Å². The molecule has 0 bridgehead atoms. The zero-order valence-corrected chi connectivity index (χ0v) is 10.0. The summed E-state index contributed by atoms with van der Waals surface area (Å²) in [7, 11) is 1.99. The van der Waals surface area contributed by atoms with Crippen molar-refractivity contribution in [2.75, 3.05) is 7.05 Å². The minimum absolute atomic E-state index is 0.345. The van der Waals surface area contributed by atoms with Gasteiger partial charge in [0.2, 0.25) is 0 Å². The summed E-state index contributed by atoms with van der Waals surface area (Å²) >= 11 is 0. The highest BCUT2D eigenvalue weighted by molar-refractivity contribution is 5.33. The Morgan fingerprint density at radius 1 is 1.33 bits per heavy atom. The van der Waals surface area contributed by atoms with E-state index in [2.05, 4.69) is 49.2 Å². The Morgan fingerprint density at radius 3 is 2.67 bits per heavy atom. The van der Waals surface area contributed by atoms with Crippen molar-refractivity contribution in [1.29, 1.82) is 0 Å². The van der Waals surface area contributed by atoms with E-state index in [0.717, 1.165) is 6.42 Å². The molecule has 0 spiro atoms. The van der Waals surface area contributed by atoms with Gasteiger partial charge in [-0.15, -0.1) is 11.8 Å². The molecular formula is C14H19N. The Balaban J connectivity index is 2.98. The van der Waals surface area contributed by atoms with Crippen molar-refractivity contribution in [3.8, 4) is 11.8 Å². The second-order valence-electron chi connectivity index (χ2n) is 3.83. The molecule has 0 fully saturated rings. The quantitative estimate of drug-likeness (QED) is 0.741. The average Bonchev–Trinajstić information content (AvgIpc) is 2.24. The van der Waals surface area contributed by atoms with Crippen LogP contribution in [0.5, 0.6) is 0 Å². The molecule has 1 heteroatoms. The first-order valence-corrected chi connectivity index (χ1v) is 5.33. The molecule has 0 radical (unpaired) electrons. The number of benzene rings is 1. The average molecular weight is 201 g/mol. The SMILES string of the molecule is CC#CCC(NC)c1cc(C)ccc1C. The lowest BCUT2D eigenvalue weighted by Crippen LogP contribution is -2.16. The number of hydrogen-bond acceptors (Lipinski definition) is 1. The van der Waals surface area contributed by atoms with Crippen LogP contribution in [0.1, 0.15) is 36.1 Å². The molecule has 0 saturated heterocycles. The molecule has 15 heavy (non-hydrogen) atoms. The zero-order chi connectivity index (χ0) is 11.3. The van der Waals surface area contributed by atoms with E-state index >= 15 is 0 Å². The van der Waals surface area contributed by atoms with Crippen LogP contribution >= 0.6 is 0 Å². The number of hydrogen-bond donors (Lipinski definition) is 1. The molecule has 0 aliphatic heterocycles. The molecule has 1 atom stereocenters. The maximum Gasteiger partial charge on any atom is 0.0431 e. The standard InChI is InChI=1S/C14H19N/c1-5-6-7-14(15-4)13-10-11(2)8-9-12(13)3/h8-10,14-15H,7H2,1-4H3. The second kappa shape index (κ2) is 5.58. The molecule has 0 heterocycles. The lowest BCUT2D eigenvalue weighted by atomic mass is 9.97. The van der Waals surface area contributed by atoms with Gasteiger partial charge in [-0.1, -0.05) is 23.8 Å². The smallest absolute Gasteiger partial charge is 0.0431 e. The molecule has 0 aliphatic carbocycles. The Bertz CT molecular complexity index is 382. The first-order chi connectivity index (χ1) is 7.19. The van der Waals surface area contributed by atoms with Gasteiger partial charge in [0.25, 0.3) is 0 Å². The van der Waals surface area contributed by atoms with Crippen molar-refractivity contribution in [2.24, 2.45) is 0 Å². The Kier molecular flexibility index (Phi) is 4.39. The fourth-order valence-electron chi connectivity index (χ4n) is 1.71. The van der Waals surface area contributed by atoms with E-state index in [4.69, 9.17) is 0 Å². The largest absolute Gasteiger partial charge is 0.312 e. The first kappa shape index (κ1) is 11.8. The Hall–Kier alpha value is -1.26. The third-order valence-corrected chi connectivity index (χ3v) is 2.64. The highest BCUT2D eigenvalue weighted by atomic mass is 14.9. The van der Waals surface area contributed by atoms with Crippen LogP contribution in [0.25, 0.3) is 0 Å². The van der Waals surface area contributed by atoms with Crippen molar-refractivity contribution >= 4 is 0 Å². The lowest BCUT2D eigenvalue weighted by Gasteiger charge is -2.17. The highest BCUT2D eigenvalue weighted by Gasteiger charge is 2.10. The lowest BCUT2D eigenvalue weighted by molar-refractivity contribution is 0.607. The molecule has 1 rings (SSSR count). The summed E-state index contributed by atoms with van der Waals surface area (Å²) in [5.41, 5.74) is 4.00. The van der Waals surface area contributed by atoms with E-state index in [1.165, 1.54) is 16.7 Å². The minimum Gasteiger partial charge on any atom is -0.312 e. The van der Waals surface area contributed by atoms with Crippen molar-refractivity contribution in [2.45, 2.75) is 33.2 Å². The minimum atomic E-state index is 0.345. The van der Waals surface area contributed by atoms with Gasteiger partial charge in [-0.3, -0.25) is 0 Å². The molecule has 1 aromatic rings. The van der Waals surface area contributed by atoms with Gasteiger partial charge in [-0.2, -0.15) is 0 Å². The van der Waals surface area contributed by atoms with Crippen LogP contribution in [-0.2, 0) is 0 Å². The summed E-state index contributed by atoms with van der Waals surface area (Å²) in [5, 5.41) is 3.32. The molecule has 0 saturated carbocycles. The van der Waals surface area contributed by atoms with Crippen LogP contribution in [0.15, 0.2) is 18.2 Å². The molecule has 0 amide bonds. The molecule has 1 nitrogen and oxygen atoms in total. The van der Waals surface area contributed by atoms with Crippen LogP contribution in [-0.4, -0.2) is 7.05 Å². The Labute approximate surface area is 92.9 Å². The van der Waals surface area contributed by atoms with Gasteiger partial charge in [0.05, 0.1) is 0 Å². The van der Waals surface area contributed by atoms with E-state index in [9.17, 15) is 0 Å². The van der Waals surface area contributed by atoms with Crippen molar-refractivity contribution in [1.82, 2.24) is 5.32 Å². The van der Waals surface area contributed by atoms with Gasteiger partial charge in [0, 0.05) is 12.5 Å². The number of aryl methyl sites for hydroxylation is 2. The van der Waals surface area contributed by atoms with Crippen LogP contribution in [0.2, 0.25) is 0 Å². The molecule has 80 valence electrons. The summed E-state index contributed by atoms with van der Waals surface area (Å²) in [6, 6.07) is 6.91. The van der Waals surface area contributed by atoms with Crippen LogP contribution < -0.4 is 5.32 Å². The normalized spacial score (nSPS) is 11.7. The molecule has 0 aliphatic rings. The fraction of sp³-hybridized carbons (Fsp3) is 0.429. The third kappa shape index (κ3) is 3.11. The molecule has 1 N–H and O–H groups in total. The maximum atomic E-state index is 3.32. The van der Waals surface area contributed by atoms with Crippen molar-refractivity contribution < 1.29 is 0 Å². The summed E-state index contributed by atoms with van der Waals surface area (Å²) in [6.45, 7) is 6.16. The number of rotatable bonds is 3. The van der Waals surface area contributed by atoms with Gasteiger partial charge in [-0.05, 0) is 38.9 Å². The van der Waals surface area contributed by atoms with Gasteiger partial charge >= 0.3 is 0 Å². The van der Waals surface area contributed by atoms with Crippen LogP contribution in [0.4, 0.5) is 0 Å². The van der Waals surface area contributed by atoms with Crippen LogP contribution in [0.3, 0.4) is 0 Å². The van der Waals surface area contributed by atoms with E-state index in [1.54, 1.807) is 0 Å². The van der Waals surface area contributed by atoms with Gasteiger partial charge in [0.1, 0.15) is 0 Å². The maximum absolute atomic E-state index is 3.32. The van der Waals surface area contributed by atoms with Crippen molar-refractivity contribution in [3.63, 3.8) is 0 Å². The van der Waals surface area contributed by atoms with Crippen molar-refractivity contribution in [3.05, 3.63) is 34.9 Å². The number of nitrogens with one attached hydrogen (secondary N) is 1. The zero-order valence-electron chi connectivity index (χ0n) is 10.0. The first-order valence-electron chi connectivity index (χ1n) is 5.33. The summed E-state index contributed by atoms with van der Waals surface area (Å²) in [5.74, 6) is 6.08. The molecule has 1 unspecified atom stereocenters. The molecular weight excluding hydrogens is 182 g/mol.